The summed E-state index contributed by atoms with van der Waals surface area (Å²) in [6.07, 6.45) is 4.87. The average Bonchev–Trinajstić information content (AvgIpc) is 2.89. The molecule has 202 valence electrons. The Morgan fingerprint density at radius 2 is 1.86 bits per heavy atom. The number of aromatic nitrogens is 2. The van der Waals surface area contributed by atoms with Crippen LogP contribution in [0.4, 0.5) is 31.0 Å². The molecule has 0 unspecified atom stereocenters. The van der Waals surface area contributed by atoms with Crippen molar-refractivity contribution in [3.8, 4) is 5.75 Å². The fraction of sp³-hybridized carbons (Fsp3) is 0.577. The van der Waals surface area contributed by atoms with Gasteiger partial charge in [0, 0.05) is 51.0 Å². The van der Waals surface area contributed by atoms with Crippen molar-refractivity contribution in [2.24, 2.45) is 0 Å². The summed E-state index contributed by atoms with van der Waals surface area (Å²) in [6.45, 7) is 10.4. The van der Waals surface area contributed by atoms with Gasteiger partial charge >= 0.3 is 6.03 Å². The molecule has 0 saturated carbocycles. The molecule has 0 spiro atoms. The minimum Gasteiger partial charge on any atom is -0.491 e. The first-order valence-electron chi connectivity index (χ1n) is 13.1. The number of anilines is 3. The zero-order valence-corrected chi connectivity index (χ0v) is 22.0. The van der Waals surface area contributed by atoms with E-state index in [9.17, 15) is 9.18 Å². The topological polar surface area (TPSA) is 77.1 Å². The van der Waals surface area contributed by atoms with E-state index in [1.54, 1.807) is 20.0 Å². The lowest BCUT2D eigenvalue weighted by Gasteiger charge is -2.35. The zero-order valence-electron chi connectivity index (χ0n) is 22.0. The lowest BCUT2D eigenvalue weighted by Crippen LogP contribution is -2.48. The lowest BCUT2D eigenvalue weighted by molar-refractivity contribution is 0.152. The predicted octanol–water partition coefficient (Wildman–Crippen LogP) is 3.95. The first-order chi connectivity index (χ1) is 17.9. The van der Waals surface area contributed by atoms with Gasteiger partial charge in [0.25, 0.3) is 0 Å². The summed E-state index contributed by atoms with van der Waals surface area (Å²) in [5.74, 6) is -0.937. The Kier molecular flexibility index (Phi) is 9.09. The number of nitrogens with zero attached hydrogens (tertiary/aromatic N) is 6. The van der Waals surface area contributed by atoms with Gasteiger partial charge in [-0.15, -0.1) is 0 Å². The quantitative estimate of drug-likeness (QED) is 0.453. The summed E-state index contributed by atoms with van der Waals surface area (Å²) in [7, 11) is 2.17. The maximum Gasteiger partial charge on any atom is 0.330 e. The number of carbonyl (C=O) groups excluding carboxylic acids is 1. The largest absolute Gasteiger partial charge is 0.491 e. The number of unbranched alkanes of at least 4 members (excludes halogenated alkanes) is 2. The Morgan fingerprint density at radius 1 is 1.08 bits per heavy atom. The minimum absolute atomic E-state index is 0.0410. The van der Waals surface area contributed by atoms with Gasteiger partial charge < -0.3 is 19.9 Å². The van der Waals surface area contributed by atoms with Gasteiger partial charge in [-0.3, -0.25) is 9.80 Å². The Balaban J connectivity index is 1.37. The molecule has 1 N–H and O–H groups in total. The Hall–Kier alpha value is -3.05. The second kappa shape index (κ2) is 12.5. The van der Waals surface area contributed by atoms with E-state index in [1.807, 2.05) is 0 Å². The molecule has 0 radical (unpaired) electrons. The van der Waals surface area contributed by atoms with Crippen molar-refractivity contribution >= 4 is 23.5 Å². The SMILES string of the molecule is CCOc1ccc(F)c(N2Cc3cnc(NCCCCCN4CCN(C)CC4)nc3N(CC)C2=O)c1F. The molecule has 2 aromatic rings. The number of likely N-dealkylation sites (N-methyl/N-ethyl adjacent to an activating group) is 1. The summed E-state index contributed by atoms with van der Waals surface area (Å²) < 4.78 is 35.0. The number of halogens is 2. The van der Waals surface area contributed by atoms with Crippen LogP contribution in [-0.2, 0) is 6.54 Å². The van der Waals surface area contributed by atoms with Crippen LogP contribution in [-0.4, -0.2) is 85.3 Å². The van der Waals surface area contributed by atoms with E-state index >= 15 is 4.39 Å². The molecule has 0 atom stereocenters. The van der Waals surface area contributed by atoms with Gasteiger partial charge in [-0.05, 0) is 52.4 Å². The van der Waals surface area contributed by atoms with Crippen LogP contribution >= 0.6 is 0 Å². The zero-order chi connectivity index (χ0) is 26.4. The molecular formula is C26H37F2N7O2. The molecule has 1 aromatic carbocycles. The highest BCUT2D eigenvalue weighted by atomic mass is 19.1. The average molecular weight is 518 g/mol. The van der Waals surface area contributed by atoms with E-state index in [0.717, 1.165) is 69.5 Å². The molecule has 0 bridgehead atoms. The third-order valence-electron chi connectivity index (χ3n) is 6.84. The van der Waals surface area contributed by atoms with Crippen molar-refractivity contribution in [3.05, 3.63) is 35.5 Å². The van der Waals surface area contributed by atoms with Crippen LogP contribution in [0.15, 0.2) is 18.3 Å². The van der Waals surface area contributed by atoms with Crippen molar-refractivity contribution in [1.29, 1.82) is 0 Å². The van der Waals surface area contributed by atoms with Crippen LogP contribution in [0.5, 0.6) is 5.75 Å². The van der Waals surface area contributed by atoms with E-state index in [4.69, 9.17) is 4.74 Å². The molecule has 2 aliphatic rings. The molecule has 0 aliphatic carbocycles. The highest BCUT2D eigenvalue weighted by molar-refractivity contribution is 6.05. The Labute approximate surface area is 217 Å². The third kappa shape index (κ3) is 6.27. The predicted molar refractivity (Wildman–Crippen MR) is 140 cm³/mol. The minimum atomic E-state index is -0.901. The second-order valence-electron chi connectivity index (χ2n) is 9.43. The smallest absolute Gasteiger partial charge is 0.330 e. The Morgan fingerprint density at radius 3 is 2.59 bits per heavy atom. The van der Waals surface area contributed by atoms with Crippen molar-refractivity contribution in [3.63, 3.8) is 0 Å². The molecule has 9 nitrogen and oxygen atoms in total. The number of rotatable bonds is 11. The molecule has 2 aliphatic heterocycles. The van der Waals surface area contributed by atoms with Gasteiger partial charge in [0.15, 0.2) is 11.6 Å². The van der Waals surface area contributed by atoms with Crippen molar-refractivity contribution < 1.29 is 18.3 Å². The maximum absolute atomic E-state index is 15.1. The van der Waals surface area contributed by atoms with E-state index in [1.165, 1.54) is 11.0 Å². The molecular weight excluding hydrogens is 480 g/mol. The van der Waals surface area contributed by atoms with Gasteiger partial charge in [-0.25, -0.2) is 18.6 Å². The standard InChI is InChI=1S/C26H37F2N7O2/c1-4-34-24-19(18-35(26(34)36)23-20(27)9-10-21(22(23)28)37-5-2)17-30-25(31-24)29-11-7-6-8-12-33-15-13-32(3)14-16-33/h9-10,17H,4-8,11-16,18H2,1-3H3,(H,29,30,31). The van der Waals surface area contributed by atoms with Crippen LogP contribution in [0.25, 0.3) is 0 Å². The van der Waals surface area contributed by atoms with E-state index < -0.39 is 23.4 Å². The Bertz CT molecular complexity index is 1080. The molecule has 1 fully saturated rings. The van der Waals surface area contributed by atoms with Gasteiger partial charge in [-0.1, -0.05) is 6.42 Å². The third-order valence-corrected chi connectivity index (χ3v) is 6.84. The van der Waals surface area contributed by atoms with E-state index in [2.05, 4.69) is 32.1 Å². The number of hydrogen-bond donors (Lipinski definition) is 1. The van der Waals surface area contributed by atoms with Gasteiger partial charge in [0.05, 0.1) is 13.2 Å². The molecule has 1 aromatic heterocycles. The second-order valence-corrected chi connectivity index (χ2v) is 9.43. The number of fused-ring (bicyclic) bond motifs is 1. The fourth-order valence-electron chi connectivity index (χ4n) is 4.71. The molecule has 4 rings (SSSR count). The highest BCUT2D eigenvalue weighted by Crippen LogP contribution is 2.36. The number of urea groups is 1. The first kappa shape index (κ1) is 27.0. The van der Waals surface area contributed by atoms with E-state index in [-0.39, 0.29) is 18.9 Å². The van der Waals surface area contributed by atoms with Gasteiger partial charge in [-0.2, -0.15) is 4.98 Å². The maximum atomic E-state index is 15.1. The fourth-order valence-corrected chi connectivity index (χ4v) is 4.71. The highest BCUT2D eigenvalue weighted by Gasteiger charge is 2.35. The number of amides is 2. The summed E-state index contributed by atoms with van der Waals surface area (Å²) in [6, 6.07) is 1.79. The van der Waals surface area contributed by atoms with Gasteiger partial charge in [0.1, 0.15) is 17.3 Å². The van der Waals surface area contributed by atoms with Crippen LogP contribution in [0, 0.1) is 11.6 Å². The molecule has 11 heteroatoms. The number of benzene rings is 1. The first-order valence-corrected chi connectivity index (χ1v) is 13.1. The summed E-state index contributed by atoms with van der Waals surface area (Å²) in [4.78, 5) is 29.6. The molecule has 2 amide bonds. The molecule has 3 heterocycles. The number of piperazine rings is 1. The normalized spacial score (nSPS) is 16.7. The number of ether oxygens (including phenoxy) is 1. The summed E-state index contributed by atoms with van der Waals surface area (Å²) >= 11 is 0. The molecule has 1 saturated heterocycles. The van der Waals surface area contributed by atoms with Crippen molar-refractivity contribution in [2.75, 3.05) is 74.6 Å². The number of hydrogen-bond acceptors (Lipinski definition) is 7. The number of nitrogens with one attached hydrogen (secondary N) is 1. The number of carbonyl (C=O) groups is 1. The van der Waals surface area contributed by atoms with Crippen LogP contribution in [0.2, 0.25) is 0 Å². The summed E-state index contributed by atoms with van der Waals surface area (Å²) in [5, 5.41) is 3.25. The van der Waals surface area contributed by atoms with Crippen LogP contribution in [0.3, 0.4) is 0 Å². The van der Waals surface area contributed by atoms with Gasteiger partial charge in [0.2, 0.25) is 5.95 Å². The van der Waals surface area contributed by atoms with Crippen molar-refractivity contribution in [1.82, 2.24) is 19.8 Å². The van der Waals surface area contributed by atoms with Crippen LogP contribution in [0.1, 0.15) is 38.7 Å². The monoisotopic (exact) mass is 517 g/mol. The lowest BCUT2D eigenvalue weighted by atomic mass is 10.1. The van der Waals surface area contributed by atoms with Crippen LogP contribution < -0.4 is 19.9 Å². The van der Waals surface area contributed by atoms with E-state index in [0.29, 0.717) is 23.9 Å². The summed E-state index contributed by atoms with van der Waals surface area (Å²) in [5.41, 5.74) is 0.179. The van der Waals surface area contributed by atoms with Crippen molar-refractivity contribution in [2.45, 2.75) is 39.7 Å². The molecule has 37 heavy (non-hydrogen) atoms.